The molecular formula is C18H21N3O. The first kappa shape index (κ1) is 14.4. The predicted octanol–water partition coefficient (Wildman–Crippen LogP) is 4.02. The minimum Gasteiger partial charge on any atom is -0.496 e. The summed E-state index contributed by atoms with van der Waals surface area (Å²) in [6.45, 7) is 6.35. The summed E-state index contributed by atoms with van der Waals surface area (Å²) in [5.74, 6) is 1.94. The van der Waals surface area contributed by atoms with Crippen molar-refractivity contribution in [2.24, 2.45) is 0 Å². The van der Waals surface area contributed by atoms with Gasteiger partial charge in [0.25, 0.3) is 0 Å². The van der Waals surface area contributed by atoms with Gasteiger partial charge < -0.3 is 10.5 Å². The maximum atomic E-state index is 6.31. The highest BCUT2D eigenvalue weighted by Gasteiger charge is 2.15. The molecule has 0 atom stereocenters. The highest BCUT2D eigenvalue weighted by atomic mass is 16.5. The first-order valence-corrected chi connectivity index (χ1v) is 7.43. The van der Waals surface area contributed by atoms with Gasteiger partial charge in [-0.05, 0) is 48.2 Å². The Morgan fingerprint density at radius 2 is 1.95 bits per heavy atom. The Morgan fingerprint density at radius 3 is 2.64 bits per heavy atom. The molecule has 0 saturated heterocycles. The van der Waals surface area contributed by atoms with Gasteiger partial charge in [0.05, 0.1) is 7.11 Å². The molecule has 0 amide bonds. The Morgan fingerprint density at radius 1 is 1.18 bits per heavy atom. The number of rotatable bonds is 3. The van der Waals surface area contributed by atoms with Crippen LogP contribution in [0.15, 0.2) is 36.5 Å². The molecule has 2 N–H and O–H groups in total. The SMILES string of the molecule is COc1ccc(-c2nc3ccc(C)cn3c2N)cc1C(C)C. The van der Waals surface area contributed by atoms with Crippen molar-refractivity contribution in [1.82, 2.24) is 9.38 Å². The number of ether oxygens (including phenoxy) is 1. The zero-order valence-electron chi connectivity index (χ0n) is 13.4. The summed E-state index contributed by atoms with van der Waals surface area (Å²) < 4.78 is 7.38. The Bertz CT molecular complexity index is 834. The minimum absolute atomic E-state index is 0.371. The van der Waals surface area contributed by atoms with Gasteiger partial charge in [-0.1, -0.05) is 19.9 Å². The summed E-state index contributed by atoms with van der Waals surface area (Å²) in [6.07, 6.45) is 2.01. The summed E-state index contributed by atoms with van der Waals surface area (Å²) in [5, 5.41) is 0. The number of methoxy groups -OCH3 is 1. The monoisotopic (exact) mass is 295 g/mol. The molecule has 0 bridgehead atoms. The fraction of sp³-hybridized carbons (Fsp3) is 0.278. The van der Waals surface area contributed by atoms with Crippen molar-refractivity contribution in [2.75, 3.05) is 12.8 Å². The van der Waals surface area contributed by atoms with E-state index < -0.39 is 0 Å². The van der Waals surface area contributed by atoms with E-state index in [1.54, 1.807) is 7.11 Å². The number of fused-ring (bicyclic) bond motifs is 1. The van der Waals surface area contributed by atoms with Crippen LogP contribution in [0, 0.1) is 6.92 Å². The molecule has 0 aliphatic rings. The van der Waals surface area contributed by atoms with Crippen molar-refractivity contribution in [3.05, 3.63) is 47.7 Å². The predicted molar refractivity (Wildman–Crippen MR) is 90.4 cm³/mol. The molecule has 0 unspecified atom stereocenters. The Labute approximate surface area is 130 Å². The fourth-order valence-corrected chi connectivity index (χ4v) is 2.71. The van der Waals surface area contributed by atoms with Crippen LogP contribution in [-0.2, 0) is 0 Å². The number of hydrogen-bond acceptors (Lipinski definition) is 3. The number of aromatic nitrogens is 2. The van der Waals surface area contributed by atoms with Gasteiger partial charge in [0, 0.05) is 11.8 Å². The molecule has 3 rings (SSSR count). The van der Waals surface area contributed by atoms with E-state index in [4.69, 9.17) is 10.5 Å². The third-order valence-corrected chi connectivity index (χ3v) is 3.93. The second-order valence-electron chi connectivity index (χ2n) is 5.89. The largest absolute Gasteiger partial charge is 0.496 e. The van der Waals surface area contributed by atoms with Crippen LogP contribution in [-0.4, -0.2) is 16.5 Å². The highest BCUT2D eigenvalue weighted by molar-refractivity contribution is 5.76. The van der Waals surface area contributed by atoms with E-state index in [0.717, 1.165) is 33.8 Å². The van der Waals surface area contributed by atoms with Crippen molar-refractivity contribution in [1.29, 1.82) is 0 Å². The number of hydrogen-bond donors (Lipinski definition) is 1. The topological polar surface area (TPSA) is 52.5 Å². The molecule has 0 radical (unpaired) electrons. The lowest BCUT2D eigenvalue weighted by Crippen LogP contribution is -1.97. The number of anilines is 1. The van der Waals surface area contributed by atoms with Crippen molar-refractivity contribution < 1.29 is 4.74 Å². The highest BCUT2D eigenvalue weighted by Crippen LogP contribution is 2.33. The van der Waals surface area contributed by atoms with Gasteiger partial charge in [0.2, 0.25) is 0 Å². The molecule has 2 aromatic heterocycles. The third-order valence-electron chi connectivity index (χ3n) is 3.93. The average Bonchev–Trinajstić information content (AvgIpc) is 2.83. The summed E-state index contributed by atoms with van der Waals surface area (Å²) >= 11 is 0. The molecule has 2 heterocycles. The standard InChI is InChI=1S/C18H21N3O/c1-11(2)14-9-13(6-7-15(14)22-4)17-18(19)21-10-12(3)5-8-16(21)20-17/h5-11H,19H2,1-4H3. The molecule has 0 aliphatic heterocycles. The zero-order chi connectivity index (χ0) is 15.9. The molecule has 0 fully saturated rings. The normalized spacial score (nSPS) is 11.3. The number of nitrogens with two attached hydrogens (primary N) is 1. The molecule has 22 heavy (non-hydrogen) atoms. The van der Waals surface area contributed by atoms with Crippen LogP contribution in [0.1, 0.15) is 30.9 Å². The maximum absolute atomic E-state index is 6.31. The van der Waals surface area contributed by atoms with Crippen molar-refractivity contribution >= 4 is 11.5 Å². The van der Waals surface area contributed by atoms with Crippen molar-refractivity contribution in [2.45, 2.75) is 26.7 Å². The van der Waals surface area contributed by atoms with Crippen LogP contribution in [0.2, 0.25) is 0 Å². The number of nitrogen functional groups attached to an aromatic ring is 1. The lowest BCUT2D eigenvalue weighted by Gasteiger charge is -2.13. The molecule has 4 nitrogen and oxygen atoms in total. The lowest BCUT2D eigenvalue weighted by atomic mass is 9.98. The zero-order valence-corrected chi connectivity index (χ0v) is 13.4. The minimum atomic E-state index is 0.371. The number of imidazole rings is 1. The Hall–Kier alpha value is -2.49. The first-order chi connectivity index (χ1) is 10.5. The average molecular weight is 295 g/mol. The van der Waals surface area contributed by atoms with Gasteiger partial charge in [-0.2, -0.15) is 0 Å². The molecule has 114 valence electrons. The van der Waals surface area contributed by atoms with Gasteiger partial charge in [-0.25, -0.2) is 4.98 Å². The molecule has 0 saturated carbocycles. The van der Waals surface area contributed by atoms with Crippen LogP contribution >= 0.6 is 0 Å². The first-order valence-electron chi connectivity index (χ1n) is 7.43. The van der Waals surface area contributed by atoms with Gasteiger partial charge in [0.1, 0.15) is 22.9 Å². The van der Waals surface area contributed by atoms with E-state index >= 15 is 0 Å². The van der Waals surface area contributed by atoms with Gasteiger partial charge in [0.15, 0.2) is 0 Å². The Kier molecular flexibility index (Phi) is 3.53. The molecule has 3 aromatic rings. The Balaban J connectivity index is 2.19. The number of nitrogens with zero attached hydrogens (tertiary/aromatic N) is 2. The van der Waals surface area contributed by atoms with Crippen LogP contribution in [0.5, 0.6) is 5.75 Å². The number of aryl methyl sites for hydroxylation is 1. The van der Waals surface area contributed by atoms with E-state index in [1.807, 2.05) is 41.8 Å². The second-order valence-corrected chi connectivity index (χ2v) is 5.89. The van der Waals surface area contributed by atoms with E-state index in [9.17, 15) is 0 Å². The molecule has 1 aromatic carbocycles. The quantitative estimate of drug-likeness (QED) is 0.794. The van der Waals surface area contributed by atoms with Crippen molar-refractivity contribution in [3.63, 3.8) is 0 Å². The van der Waals surface area contributed by atoms with Crippen LogP contribution < -0.4 is 10.5 Å². The smallest absolute Gasteiger partial charge is 0.139 e. The molecular weight excluding hydrogens is 274 g/mol. The fourth-order valence-electron chi connectivity index (χ4n) is 2.71. The van der Waals surface area contributed by atoms with E-state index in [1.165, 1.54) is 0 Å². The van der Waals surface area contributed by atoms with Gasteiger partial charge >= 0.3 is 0 Å². The lowest BCUT2D eigenvalue weighted by molar-refractivity contribution is 0.407. The number of pyridine rings is 1. The summed E-state index contributed by atoms with van der Waals surface area (Å²) in [7, 11) is 1.70. The van der Waals surface area contributed by atoms with Crippen LogP contribution in [0.3, 0.4) is 0 Å². The summed E-state index contributed by atoms with van der Waals surface area (Å²) in [4.78, 5) is 4.68. The van der Waals surface area contributed by atoms with Crippen molar-refractivity contribution in [3.8, 4) is 17.0 Å². The van der Waals surface area contributed by atoms with E-state index in [-0.39, 0.29) is 0 Å². The summed E-state index contributed by atoms with van der Waals surface area (Å²) in [5.41, 5.74) is 11.3. The van der Waals surface area contributed by atoms with Gasteiger partial charge in [-0.3, -0.25) is 4.40 Å². The summed E-state index contributed by atoms with van der Waals surface area (Å²) in [6, 6.07) is 10.1. The molecule has 0 aliphatic carbocycles. The molecule has 4 heteroatoms. The van der Waals surface area contributed by atoms with Crippen LogP contribution in [0.25, 0.3) is 16.9 Å². The van der Waals surface area contributed by atoms with Crippen LogP contribution in [0.4, 0.5) is 5.82 Å². The molecule has 0 spiro atoms. The van der Waals surface area contributed by atoms with Gasteiger partial charge in [-0.15, -0.1) is 0 Å². The van der Waals surface area contributed by atoms with E-state index in [0.29, 0.717) is 11.7 Å². The van der Waals surface area contributed by atoms with E-state index in [2.05, 4.69) is 24.9 Å². The third kappa shape index (κ3) is 2.30. The maximum Gasteiger partial charge on any atom is 0.139 e. The second kappa shape index (κ2) is 5.37. The number of benzene rings is 1.